The highest BCUT2D eigenvalue weighted by atomic mass is 16.5. The first-order valence-electron chi connectivity index (χ1n) is 7.54. The minimum atomic E-state index is -0.259. The lowest BCUT2D eigenvalue weighted by molar-refractivity contribution is 0.0978. The summed E-state index contributed by atoms with van der Waals surface area (Å²) in [6.45, 7) is 0. The number of carbonyl (C=O) groups excluding carboxylic acids is 2. The molecule has 3 aromatic rings. The van der Waals surface area contributed by atoms with Crippen LogP contribution in [0.5, 0.6) is 0 Å². The Morgan fingerprint density at radius 1 is 0.625 bits per heavy atom. The van der Waals surface area contributed by atoms with Crippen molar-refractivity contribution >= 4 is 22.9 Å². The van der Waals surface area contributed by atoms with Gasteiger partial charge in [-0.25, -0.2) is 5.06 Å². The molecule has 0 atom stereocenters. The second kappa shape index (κ2) is 5.44. The first kappa shape index (κ1) is 14.4. The van der Waals surface area contributed by atoms with Gasteiger partial charge < -0.3 is 0 Å². The number of fused-ring (bicyclic) bond motifs is 2. The fourth-order valence-corrected chi connectivity index (χ4v) is 3.01. The first-order chi connectivity index (χ1) is 11.7. The Balaban J connectivity index is 1.92. The summed E-state index contributed by atoms with van der Waals surface area (Å²) in [5.74, 6) is -0.464. The fraction of sp³-hybridized carbons (Fsp3) is 0. The highest BCUT2D eigenvalue weighted by molar-refractivity contribution is 6.30. The maximum atomic E-state index is 12.9. The van der Waals surface area contributed by atoms with Crippen LogP contribution in [0.1, 0.15) is 31.8 Å². The summed E-state index contributed by atoms with van der Waals surface area (Å²) in [4.78, 5) is 25.6. The van der Waals surface area contributed by atoms with E-state index in [0.29, 0.717) is 28.1 Å². The van der Waals surface area contributed by atoms with Crippen molar-refractivity contribution in [2.75, 3.05) is 5.06 Å². The molecule has 1 N–H and O–H groups in total. The van der Waals surface area contributed by atoms with Crippen molar-refractivity contribution in [3.63, 3.8) is 0 Å². The Hall–Kier alpha value is -3.24. The number of rotatable bonds is 2. The van der Waals surface area contributed by atoms with Gasteiger partial charge in [0.2, 0.25) is 0 Å². The SMILES string of the molecule is O=C1c2ccccc2C(=O)c2c1cccc2N(O)c1ccccc1. The average Bonchev–Trinajstić information content (AvgIpc) is 2.65. The minimum Gasteiger partial charge on any atom is -0.289 e. The Bertz CT molecular complexity index is 964. The summed E-state index contributed by atoms with van der Waals surface area (Å²) in [5, 5.41) is 11.5. The topological polar surface area (TPSA) is 57.6 Å². The second-order valence-electron chi connectivity index (χ2n) is 5.55. The molecule has 116 valence electrons. The summed E-state index contributed by atoms with van der Waals surface area (Å²) in [6.07, 6.45) is 0. The first-order valence-corrected chi connectivity index (χ1v) is 7.54. The molecule has 0 aromatic heterocycles. The molecule has 0 saturated carbocycles. The van der Waals surface area contributed by atoms with Crippen molar-refractivity contribution in [2.24, 2.45) is 0 Å². The van der Waals surface area contributed by atoms with Gasteiger partial charge >= 0.3 is 0 Å². The number of para-hydroxylation sites is 1. The maximum Gasteiger partial charge on any atom is 0.196 e. The lowest BCUT2D eigenvalue weighted by Crippen LogP contribution is -2.24. The monoisotopic (exact) mass is 315 g/mol. The molecule has 0 heterocycles. The van der Waals surface area contributed by atoms with Crippen LogP contribution in [0.4, 0.5) is 11.4 Å². The Kier molecular flexibility index (Phi) is 3.25. The normalized spacial score (nSPS) is 12.5. The lowest BCUT2D eigenvalue weighted by Gasteiger charge is -2.24. The van der Waals surface area contributed by atoms with Crippen LogP contribution in [-0.4, -0.2) is 16.8 Å². The fourth-order valence-electron chi connectivity index (χ4n) is 3.01. The molecule has 1 aliphatic rings. The largest absolute Gasteiger partial charge is 0.289 e. The van der Waals surface area contributed by atoms with Gasteiger partial charge in [0.1, 0.15) is 0 Å². The van der Waals surface area contributed by atoms with Crippen LogP contribution < -0.4 is 5.06 Å². The molecule has 0 spiro atoms. The molecule has 0 unspecified atom stereocenters. The van der Waals surface area contributed by atoms with Crippen molar-refractivity contribution in [1.29, 1.82) is 0 Å². The van der Waals surface area contributed by atoms with E-state index >= 15 is 0 Å². The average molecular weight is 315 g/mol. The van der Waals surface area contributed by atoms with E-state index in [9.17, 15) is 14.8 Å². The van der Waals surface area contributed by atoms with Gasteiger partial charge in [-0.3, -0.25) is 14.8 Å². The van der Waals surface area contributed by atoms with Crippen molar-refractivity contribution in [3.05, 3.63) is 95.1 Å². The molecule has 1 aliphatic carbocycles. The van der Waals surface area contributed by atoms with E-state index < -0.39 is 0 Å². The third-order valence-electron chi connectivity index (χ3n) is 4.16. The summed E-state index contributed by atoms with van der Waals surface area (Å²) in [7, 11) is 0. The van der Waals surface area contributed by atoms with Crippen LogP contribution in [-0.2, 0) is 0 Å². The highest BCUT2D eigenvalue weighted by Crippen LogP contribution is 2.35. The Morgan fingerprint density at radius 2 is 1.21 bits per heavy atom. The summed E-state index contributed by atoms with van der Waals surface area (Å²) >= 11 is 0. The zero-order chi connectivity index (χ0) is 16.7. The van der Waals surface area contributed by atoms with Gasteiger partial charge in [-0.15, -0.1) is 0 Å². The third kappa shape index (κ3) is 2.05. The second-order valence-corrected chi connectivity index (χ2v) is 5.55. The molecule has 0 aliphatic heterocycles. The third-order valence-corrected chi connectivity index (χ3v) is 4.16. The van der Waals surface area contributed by atoms with E-state index in [0.717, 1.165) is 5.06 Å². The number of anilines is 2. The van der Waals surface area contributed by atoms with Gasteiger partial charge in [0.25, 0.3) is 0 Å². The van der Waals surface area contributed by atoms with E-state index in [1.165, 1.54) is 0 Å². The molecule has 0 saturated heterocycles. The summed E-state index contributed by atoms with van der Waals surface area (Å²) in [6, 6.07) is 20.5. The molecule has 3 aromatic carbocycles. The van der Waals surface area contributed by atoms with E-state index in [1.807, 2.05) is 6.07 Å². The molecule has 0 bridgehead atoms. The lowest BCUT2D eigenvalue weighted by atomic mass is 9.83. The summed E-state index contributed by atoms with van der Waals surface area (Å²) in [5.41, 5.74) is 2.12. The number of hydrogen-bond donors (Lipinski definition) is 1. The van der Waals surface area contributed by atoms with Crippen LogP contribution in [0.25, 0.3) is 0 Å². The van der Waals surface area contributed by atoms with Gasteiger partial charge in [0.05, 0.1) is 16.9 Å². The zero-order valence-corrected chi connectivity index (χ0v) is 12.6. The molecule has 0 fully saturated rings. The number of hydrogen-bond acceptors (Lipinski definition) is 4. The Labute approximate surface area is 138 Å². The Morgan fingerprint density at radius 3 is 1.92 bits per heavy atom. The predicted molar refractivity (Wildman–Crippen MR) is 90.1 cm³/mol. The van der Waals surface area contributed by atoms with Gasteiger partial charge in [0.15, 0.2) is 11.6 Å². The number of carbonyl (C=O) groups is 2. The summed E-state index contributed by atoms with van der Waals surface area (Å²) < 4.78 is 0. The molecule has 24 heavy (non-hydrogen) atoms. The van der Waals surface area contributed by atoms with Crippen LogP contribution in [0.15, 0.2) is 72.8 Å². The van der Waals surface area contributed by atoms with E-state index in [1.54, 1.807) is 66.7 Å². The quantitative estimate of drug-likeness (QED) is 0.568. The molecule has 0 radical (unpaired) electrons. The number of ketones is 2. The van der Waals surface area contributed by atoms with Gasteiger partial charge in [-0.1, -0.05) is 54.6 Å². The predicted octanol–water partition coefficient (Wildman–Crippen LogP) is 3.99. The molecule has 4 rings (SSSR count). The number of benzene rings is 3. The standard InChI is InChI=1S/C20H13NO3/c22-19-14-9-4-5-10-15(14)20(23)18-16(19)11-6-12-17(18)21(24)13-7-2-1-3-8-13/h1-12,24H. The van der Waals surface area contributed by atoms with Crippen molar-refractivity contribution in [1.82, 2.24) is 0 Å². The number of nitrogens with zero attached hydrogens (tertiary/aromatic N) is 1. The van der Waals surface area contributed by atoms with Crippen molar-refractivity contribution in [3.8, 4) is 0 Å². The van der Waals surface area contributed by atoms with Crippen LogP contribution >= 0.6 is 0 Å². The van der Waals surface area contributed by atoms with E-state index in [4.69, 9.17) is 0 Å². The molecule has 4 heteroatoms. The van der Waals surface area contributed by atoms with E-state index in [2.05, 4.69) is 0 Å². The van der Waals surface area contributed by atoms with Crippen LogP contribution in [0.2, 0.25) is 0 Å². The van der Waals surface area contributed by atoms with Gasteiger partial charge in [-0.2, -0.15) is 0 Å². The maximum absolute atomic E-state index is 12.9. The van der Waals surface area contributed by atoms with Gasteiger partial charge in [0, 0.05) is 16.7 Å². The van der Waals surface area contributed by atoms with Crippen molar-refractivity contribution in [2.45, 2.75) is 0 Å². The van der Waals surface area contributed by atoms with E-state index in [-0.39, 0.29) is 17.1 Å². The molecular formula is C20H13NO3. The van der Waals surface area contributed by atoms with Gasteiger partial charge in [-0.05, 0) is 18.2 Å². The smallest absolute Gasteiger partial charge is 0.196 e. The molecular weight excluding hydrogens is 302 g/mol. The van der Waals surface area contributed by atoms with Crippen molar-refractivity contribution < 1.29 is 14.8 Å². The molecule has 4 nitrogen and oxygen atoms in total. The van der Waals surface area contributed by atoms with Crippen LogP contribution in [0, 0.1) is 0 Å². The van der Waals surface area contributed by atoms with Crippen LogP contribution in [0.3, 0.4) is 0 Å². The zero-order valence-electron chi connectivity index (χ0n) is 12.6. The minimum absolute atomic E-state index is 0.205. The highest BCUT2D eigenvalue weighted by Gasteiger charge is 2.32. The molecule has 0 amide bonds.